The van der Waals surface area contributed by atoms with Crippen LogP contribution in [0.3, 0.4) is 0 Å². The Bertz CT molecular complexity index is 7170. The number of aromatic nitrogens is 16. The van der Waals surface area contributed by atoms with E-state index < -0.39 is 16.6 Å². The van der Waals surface area contributed by atoms with Crippen LogP contribution in [-0.2, 0) is 80.3 Å². The standard InChI is InChI=1S/C108H112N16O2Si2.2Zn/c1-101(2,3)63-35-43-71-79(51-63)95-115-89(71)111-91-75-47-39-67(105(13,14)15)55-83(75)99(119-91)123-97-81-53-65(103(7,8)9)37-45-73(81)87(117-97)109-85-69-41-31-59(49-77(69)93(113-85)121-95)29-33-61(57-125-127(25,26)107(19,20)21)62(58-126-128(27,28)108(22,23)24)34-30-60-32-42-70-78(50-60)94-114-86(70)110-88-74-46-38-66(104(10,11)12)54-82(74)98(118-88)124-100-84-56-68(106(16,17)18)40-48-76(84)92(120-100)112-90-72-44-36-64(102(4,5)6)52-80(72)96(116-90)122-94;;/h31-32,35-56H,57-58H2,1-28H3;;/q-4;2*+2/b62-61+;;. The molecule has 22 heteroatoms. The molecule has 4 aliphatic heterocycles. The van der Waals surface area contributed by atoms with E-state index in [0.29, 0.717) is 114 Å². The molecular formula is C108H112N16O2Si2Zn2. The second-order valence-corrected chi connectivity index (χ2v) is 53.7. The van der Waals surface area contributed by atoms with E-state index in [4.69, 9.17) is 88.6 Å². The summed E-state index contributed by atoms with van der Waals surface area (Å²) in [5.74, 6) is 18.5. The van der Waals surface area contributed by atoms with Crippen molar-refractivity contribution in [1.29, 1.82) is 0 Å². The average molecular weight is 1850 g/mol. The Morgan fingerprint density at radius 1 is 0.246 bits per heavy atom. The van der Waals surface area contributed by atoms with E-state index in [1.165, 1.54) is 0 Å². The van der Waals surface area contributed by atoms with Gasteiger partial charge in [-0.2, -0.15) is 0 Å². The molecule has 4 aliphatic rings. The van der Waals surface area contributed by atoms with E-state index in [1.807, 2.05) is 24.3 Å². The van der Waals surface area contributed by atoms with Crippen LogP contribution in [0.1, 0.15) is 211 Å². The molecule has 0 saturated carbocycles. The monoisotopic (exact) mass is 1850 g/mol. The molecule has 0 aliphatic carbocycles. The molecule has 130 heavy (non-hydrogen) atoms. The molecule has 0 spiro atoms. The number of fused-ring (bicyclic) bond motifs is 40. The van der Waals surface area contributed by atoms with Crippen LogP contribution in [0.2, 0.25) is 36.3 Å². The minimum atomic E-state index is -2.48. The predicted octanol–water partition coefficient (Wildman–Crippen LogP) is 25.1. The number of benzene rings is 8. The second kappa shape index (κ2) is 32.5. The van der Waals surface area contributed by atoms with Crippen LogP contribution in [0, 0.1) is 23.7 Å². The Morgan fingerprint density at radius 2 is 0.446 bits per heavy atom. The molecular weight excluding hydrogens is 1740 g/mol. The van der Waals surface area contributed by atoms with Gasteiger partial charge in [0.15, 0.2) is 16.6 Å². The van der Waals surface area contributed by atoms with Crippen molar-refractivity contribution in [3.63, 3.8) is 0 Å². The van der Waals surface area contributed by atoms with Crippen molar-refractivity contribution >= 4 is 105 Å². The van der Waals surface area contributed by atoms with Crippen LogP contribution in [0.25, 0.3) is 179 Å². The summed E-state index contributed by atoms with van der Waals surface area (Å²) in [5.41, 5.74) is 18.7. The molecule has 0 fully saturated rings. The first-order valence-corrected chi connectivity index (χ1v) is 50.3. The van der Waals surface area contributed by atoms with Crippen LogP contribution in [0.15, 0.2) is 157 Å². The molecule has 6 aromatic heterocycles. The van der Waals surface area contributed by atoms with E-state index >= 15 is 0 Å². The van der Waals surface area contributed by atoms with Crippen LogP contribution >= 0.6 is 0 Å². The fourth-order valence-electron chi connectivity index (χ4n) is 15.9. The third kappa shape index (κ3) is 17.4. The molecule has 648 valence electrons. The summed E-state index contributed by atoms with van der Waals surface area (Å²) in [6, 6.07) is 51.0. The minimum Gasteiger partial charge on any atom is -0.412 e. The van der Waals surface area contributed by atoms with Crippen molar-refractivity contribution in [3.8, 4) is 115 Å². The van der Waals surface area contributed by atoms with E-state index in [-0.39, 0.29) is 94.7 Å². The topological polar surface area (TPSA) is 230 Å². The molecule has 0 amide bonds. The SMILES string of the molecule is CC(C)(C)c1ccc2c(c1)-c1nc-2nc2[n-]c(nc3nc(nc4[n-]c(n1)c1cc(C(C)(C)C)ccc41)-c1ccc(C#C/C(CO[Si](C)(C)C(C)(C)C)=C(/C#Cc4ccc5c(c4)-c4nc-5nc5[n-]c(nc6nc(nc7[n-]c(n4)c4cc(C(C)(C)C)ccc74)-c4ccc(C(C)(C)C)cc4-6)c4cc(C(C)(C)C)ccc54)CO[Si](C)(C)C(C)(C)C)cc1-3)c1cc(C(C)(C)C)ccc21.[Zn+2].[Zn+2]. The Hall–Kier alpha value is -11.1. The zero-order valence-corrected chi connectivity index (χ0v) is 88.6. The maximum Gasteiger partial charge on any atom is 2.00 e. The van der Waals surface area contributed by atoms with Crippen LogP contribution in [-0.4, -0.2) is 89.7 Å². The zero-order valence-electron chi connectivity index (χ0n) is 80.7. The molecule has 16 bridgehead atoms. The summed E-state index contributed by atoms with van der Waals surface area (Å²) in [7, 11) is -4.95. The summed E-state index contributed by atoms with van der Waals surface area (Å²) in [6.45, 7) is 62.8. The maximum atomic E-state index is 7.28. The molecule has 0 N–H and O–H groups in total. The minimum absolute atomic E-state index is 0. The third-order valence-corrected chi connectivity index (χ3v) is 35.4. The molecule has 10 heterocycles. The smallest absolute Gasteiger partial charge is 0.412 e. The van der Waals surface area contributed by atoms with Gasteiger partial charge < -0.3 is 68.7 Å². The van der Waals surface area contributed by atoms with Crippen molar-refractivity contribution in [2.45, 2.75) is 235 Å². The summed E-state index contributed by atoms with van der Waals surface area (Å²) < 4.78 is 14.6. The van der Waals surface area contributed by atoms with Crippen molar-refractivity contribution in [2.24, 2.45) is 0 Å². The summed E-state index contributed by atoms with van der Waals surface area (Å²) in [6.07, 6.45) is 0. The molecule has 0 atom stereocenters. The fourth-order valence-corrected chi connectivity index (χ4v) is 17.8. The quantitative estimate of drug-likeness (QED) is 0.111. The predicted molar refractivity (Wildman–Crippen MR) is 527 cm³/mol. The normalized spacial score (nSPS) is 13.4. The number of nitrogens with zero attached hydrogens (tertiary/aromatic N) is 16. The van der Waals surface area contributed by atoms with Gasteiger partial charge in [0.1, 0.15) is 0 Å². The fraction of sp³-hybridized carbons (Fsp3) is 0.352. The summed E-state index contributed by atoms with van der Waals surface area (Å²) in [4.78, 5) is 86.3. The first-order chi connectivity index (χ1) is 59.8. The van der Waals surface area contributed by atoms with Gasteiger partial charge in [-0.3, -0.25) is 0 Å². The largest absolute Gasteiger partial charge is 2.00 e. The van der Waals surface area contributed by atoms with Gasteiger partial charge in [0.2, 0.25) is 0 Å². The number of hydrogen-bond donors (Lipinski definition) is 0. The van der Waals surface area contributed by atoms with Gasteiger partial charge in [-0.1, -0.05) is 275 Å². The Kier molecular flexibility index (Phi) is 23.0. The first-order valence-electron chi connectivity index (χ1n) is 44.5. The Morgan fingerprint density at radius 3 is 0.677 bits per heavy atom. The van der Waals surface area contributed by atoms with Gasteiger partial charge in [-0.15, -0.1) is 0 Å². The Labute approximate surface area is 790 Å². The van der Waals surface area contributed by atoms with Crippen molar-refractivity contribution in [3.05, 3.63) is 201 Å². The van der Waals surface area contributed by atoms with E-state index in [0.717, 1.165) is 121 Å². The average Bonchev–Trinajstić information content (AvgIpc) is 1.59. The molecule has 0 unspecified atom stereocenters. The zero-order chi connectivity index (χ0) is 91.2. The second-order valence-electron chi connectivity index (χ2n) is 44.1. The van der Waals surface area contributed by atoms with E-state index in [9.17, 15) is 0 Å². The maximum absolute atomic E-state index is 7.28. The number of rotatable bonds is 6. The van der Waals surface area contributed by atoms with E-state index in [1.54, 1.807) is 0 Å². The first kappa shape index (κ1) is 92.2. The van der Waals surface area contributed by atoms with Gasteiger partial charge in [0, 0.05) is 112 Å². The van der Waals surface area contributed by atoms with Gasteiger partial charge in [-0.25, -0.2) is 19.9 Å². The van der Waals surface area contributed by atoms with Crippen LogP contribution < -0.4 is 19.9 Å². The van der Waals surface area contributed by atoms with Gasteiger partial charge in [0.25, 0.3) is 0 Å². The molecule has 18 rings (SSSR count). The van der Waals surface area contributed by atoms with Crippen molar-refractivity contribution < 1.29 is 47.8 Å². The van der Waals surface area contributed by atoms with Gasteiger partial charge >= 0.3 is 39.0 Å². The van der Waals surface area contributed by atoms with Crippen LogP contribution in [0.5, 0.6) is 0 Å². The molecule has 0 radical (unpaired) electrons. The van der Waals surface area contributed by atoms with Crippen molar-refractivity contribution in [1.82, 2.24) is 79.7 Å². The van der Waals surface area contributed by atoms with Crippen LogP contribution in [0.4, 0.5) is 0 Å². The van der Waals surface area contributed by atoms with Gasteiger partial charge in [-0.05, 0) is 206 Å². The molecule has 14 aromatic rings. The Balaban J connectivity index is 0.00000618. The number of hydrogen-bond acceptors (Lipinski definition) is 14. The molecule has 18 nitrogen and oxygen atoms in total. The van der Waals surface area contributed by atoms with Crippen molar-refractivity contribution in [2.75, 3.05) is 13.2 Å². The van der Waals surface area contributed by atoms with Gasteiger partial charge in [0.05, 0.1) is 59.8 Å². The molecule has 8 aromatic carbocycles. The van der Waals surface area contributed by atoms with E-state index in [2.05, 4.69) is 337 Å². The molecule has 0 saturated heterocycles. The third-order valence-electron chi connectivity index (χ3n) is 26.4. The summed E-state index contributed by atoms with van der Waals surface area (Å²) >= 11 is 0. The summed E-state index contributed by atoms with van der Waals surface area (Å²) in [5, 5.41) is 6.39.